The maximum absolute atomic E-state index is 13.3. The molecule has 0 spiro atoms. The zero-order valence-electron chi connectivity index (χ0n) is 14.6. The van der Waals surface area contributed by atoms with Crippen LogP contribution in [-0.4, -0.2) is 38.3 Å². The van der Waals surface area contributed by atoms with Crippen LogP contribution in [0.15, 0.2) is 36.5 Å². The van der Waals surface area contributed by atoms with Crippen molar-refractivity contribution in [3.05, 3.63) is 53.7 Å². The van der Waals surface area contributed by atoms with Crippen LogP contribution in [-0.2, 0) is 6.54 Å². The molecule has 0 atom stereocenters. The third-order valence-electron chi connectivity index (χ3n) is 4.51. The monoisotopic (exact) mass is 372 g/mol. The van der Waals surface area contributed by atoms with Gasteiger partial charge in [-0.05, 0) is 37.5 Å². The highest BCUT2D eigenvalue weighted by Crippen LogP contribution is 2.23. The van der Waals surface area contributed by atoms with Crippen molar-refractivity contribution in [2.45, 2.75) is 32.4 Å². The summed E-state index contributed by atoms with van der Waals surface area (Å²) in [6.45, 7) is 4.43. The van der Waals surface area contributed by atoms with Crippen molar-refractivity contribution in [2.24, 2.45) is 0 Å². The van der Waals surface area contributed by atoms with Gasteiger partial charge in [0.1, 0.15) is 17.5 Å². The second-order valence-corrected chi connectivity index (χ2v) is 7.29. The molecule has 4 rings (SSSR count). The quantitative estimate of drug-likeness (QED) is 0.745. The van der Waals surface area contributed by atoms with Crippen molar-refractivity contribution in [1.29, 1.82) is 0 Å². The van der Waals surface area contributed by atoms with E-state index in [-0.39, 0.29) is 5.82 Å². The molecule has 8 heteroatoms. The van der Waals surface area contributed by atoms with Gasteiger partial charge in [-0.1, -0.05) is 12.1 Å². The van der Waals surface area contributed by atoms with Crippen LogP contribution < -0.4 is 10.2 Å². The molecular weight excluding hydrogens is 351 g/mol. The average molecular weight is 372 g/mol. The highest BCUT2D eigenvalue weighted by atomic mass is 32.1. The summed E-state index contributed by atoms with van der Waals surface area (Å²) < 4.78 is 19.4. The Morgan fingerprint density at radius 2 is 2.12 bits per heavy atom. The van der Waals surface area contributed by atoms with Crippen molar-refractivity contribution < 1.29 is 4.39 Å². The summed E-state index contributed by atoms with van der Waals surface area (Å²) in [4.78, 5) is 6.76. The van der Waals surface area contributed by atoms with E-state index in [9.17, 15) is 4.39 Å². The molecule has 3 heterocycles. The molecule has 0 saturated carbocycles. The highest BCUT2D eigenvalue weighted by Gasteiger charge is 2.21. The SMILES string of the molecule is Cc1nsc(N2CCC(Nc3ccn(Cc4cccc(F)c4)n3)CC2)n1. The average Bonchev–Trinajstić information content (AvgIpc) is 3.25. The van der Waals surface area contributed by atoms with Crippen molar-refractivity contribution >= 4 is 22.5 Å². The van der Waals surface area contributed by atoms with Crippen LogP contribution >= 0.6 is 11.5 Å². The zero-order valence-corrected chi connectivity index (χ0v) is 15.4. The fraction of sp³-hybridized carbons (Fsp3) is 0.389. The Bertz CT molecular complexity index is 868. The van der Waals surface area contributed by atoms with E-state index in [1.165, 1.54) is 17.6 Å². The van der Waals surface area contributed by atoms with Crippen molar-refractivity contribution in [3.8, 4) is 0 Å². The Balaban J connectivity index is 1.31. The van der Waals surface area contributed by atoms with Crippen molar-refractivity contribution in [1.82, 2.24) is 19.1 Å². The maximum atomic E-state index is 13.3. The molecule has 1 aromatic carbocycles. The number of aromatic nitrogens is 4. The lowest BCUT2D eigenvalue weighted by Crippen LogP contribution is -2.39. The molecule has 1 aliphatic heterocycles. The van der Waals surface area contributed by atoms with Gasteiger partial charge in [0.2, 0.25) is 5.13 Å². The topological polar surface area (TPSA) is 58.9 Å². The number of anilines is 2. The second kappa shape index (κ2) is 7.41. The first kappa shape index (κ1) is 17.0. The van der Waals surface area contributed by atoms with Gasteiger partial charge in [-0.25, -0.2) is 9.37 Å². The predicted molar refractivity (Wildman–Crippen MR) is 101 cm³/mol. The smallest absolute Gasteiger partial charge is 0.205 e. The van der Waals surface area contributed by atoms with Gasteiger partial charge < -0.3 is 10.2 Å². The summed E-state index contributed by atoms with van der Waals surface area (Å²) in [5, 5.41) is 9.08. The number of benzene rings is 1. The van der Waals surface area contributed by atoms with E-state index in [2.05, 4.69) is 24.7 Å². The number of halogens is 1. The second-order valence-electron chi connectivity index (χ2n) is 6.56. The summed E-state index contributed by atoms with van der Waals surface area (Å²) in [6, 6.07) is 9.00. The number of hydrogen-bond donors (Lipinski definition) is 1. The van der Waals surface area contributed by atoms with Gasteiger partial charge in [-0.2, -0.15) is 9.47 Å². The summed E-state index contributed by atoms with van der Waals surface area (Å²) in [5.41, 5.74) is 0.903. The molecule has 0 amide bonds. The van der Waals surface area contributed by atoms with Crippen LogP contribution in [0.5, 0.6) is 0 Å². The third-order valence-corrected chi connectivity index (χ3v) is 5.38. The van der Waals surface area contributed by atoms with Crippen LogP contribution in [0.1, 0.15) is 24.2 Å². The molecule has 2 aromatic heterocycles. The Kier molecular flexibility index (Phi) is 4.83. The molecule has 0 radical (unpaired) electrons. The van der Waals surface area contributed by atoms with Gasteiger partial charge in [0.25, 0.3) is 0 Å². The van der Waals surface area contributed by atoms with Gasteiger partial charge >= 0.3 is 0 Å². The minimum absolute atomic E-state index is 0.217. The Morgan fingerprint density at radius 1 is 1.27 bits per heavy atom. The highest BCUT2D eigenvalue weighted by molar-refractivity contribution is 7.09. The minimum Gasteiger partial charge on any atom is -0.366 e. The van der Waals surface area contributed by atoms with Gasteiger partial charge in [-0.15, -0.1) is 0 Å². The third kappa shape index (κ3) is 4.01. The fourth-order valence-electron chi connectivity index (χ4n) is 3.19. The molecule has 1 aliphatic rings. The molecule has 26 heavy (non-hydrogen) atoms. The van der Waals surface area contributed by atoms with Gasteiger partial charge in [0.05, 0.1) is 6.54 Å². The van der Waals surface area contributed by atoms with E-state index in [4.69, 9.17) is 0 Å². The molecule has 6 nitrogen and oxygen atoms in total. The summed E-state index contributed by atoms with van der Waals surface area (Å²) in [7, 11) is 0. The van der Waals surface area contributed by atoms with Crippen molar-refractivity contribution in [3.63, 3.8) is 0 Å². The van der Waals surface area contributed by atoms with Crippen molar-refractivity contribution in [2.75, 3.05) is 23.3 Å². The first-order valence-electron chi connectivity index (χ1n) is 8.75. The van der Waals surface area contributed by atoms with Crippen LogP contribution in [0.4, 0.5) is 15.3 Å². The fourth-order valence-corrected chi connectivity index (χ4v) is 3.91. The van der Waals surface area contributed by atoms with E-state index in [0.29, 0.717) is 12.6 Å². The molecule has 3 aromatic rings. The standard InChI is InChI=1S/C18H21FN6S/c1-13-20-18(26-23-13)24-8-5-16(6-9-24)21-17-7-10-25(22-17)12-14-3-2-4-15(19)11-14/h2-4,7,10-11,16H,5-6,8-9,12H2,1H3,(H,21,22). The van der Waals surface area contributed by atoms with E-state index in [0.717, 1.165) is 48.3 Å². The molecule has 1 saturated heterocycles. The minimum atomic E-state index is -0.217. The van der Waals surface area contributed by atoms with E-state index >= 15 is 0 Å². The predicted octanol–water partition coefficient (Wildman–Crippen LogP) is 3.31. The molecule has 0 bridgehead atoms. The Hall–Kier alpha value is -2.48. The van der Waals surface area contributed by atoms with Crippen LogP contribution in [0.25, 0.3) is 0 Å². The number of piperidine rings is 1. The number of nitrogens with zero attached hydrogens (tertiary/aromatic N) is 5. The van der Waals surface area contributed by atoms with Crippen LogP contribution in [0.2, 0.25) is 0 Å². The zero-order chi connectivity index (χ0) is 17.9. The van der Waals surface area contributed by atoms with Gasteiger partial charge in [0, 0.05) is 42.9 Å². The normalized spacial score (nSPS) is 15.4. The molecule has 1 N–H and O–H groups in total. The number of rotatable bonds is 5. The lowest BCUT2D eigenvalue weighted by atomic mass is 10.1. The van der Waals surface area contributed by atoms with Crippen LogP contribution in [0, 0.1) is 12.7 Å². The molecule has 136 valence electrons. The first-order valence-corrected chi connectivity index (χ1v) is 9.53. The van der Waals surface area contributed by atoms with Gasteiger partial charge in [0.15, 0.2) is 0 Å². The summed E-state index contributed by atoms with van der Waals surface area (Å²) in [5.74, 6) is 1.49. The maximum Gasteiger partial charge on any atom is 0.205 e. The Morgan fingerprint density at radius 3 is 2.85 bits per heavy atom. The Labute approximate surface area is 155 Å². The lowest BCUT2D eigenvalue weighted by molar-refractivity contribution is 0.523. The van der Waals surface area contributed by atoms with Crippen LogP contribution in [0.3, 0.4) is 0 Å². The van der Waals surface area contributed by atoms with Gasteiger partial charge in [-0.3, -0.25) is 4.68 Å². The van der Waals surface area contributed by atoms with E-state index in [1.807, 2.05) is 29.9 Å². The lowest BCUT2D eigenvalue weighted by Gasteiger charge is -2.31. The molecule has 0 aliphatic carbocycles. The largest absolute Gasteiger partial charge is 0.366 e. The number of nitrogens with one attached hydrogen (secondary N) is 1. The summed E-state index contributed by atoms with van der Waals surface area (Å²) in [6.07, 6.45) is 4.00. The molecule has 0 unspecified atom stereocenters. The number of hydrogen-bond acceptors (Lipinski definition) is 6. The number of aryl methyl sites for hydroxylation is 1. The first-order chi connectivity index (χ1) is 12.7. The van der Waals surface area contributed by atoms with E-state index < -0.39 is 0 Å². The molecular formula is C18H21FN6S. The summed E-state index contributed by atoms with van der Waals surface area (Å²) >= 11 is 1.47. The molecule has 1 fully saturated rings. The van der Waals surface area contributed by atoms with E-state index in [1.54, 1.807) is 12.1 Å².